The Balaban J connectivity index is 1.75. The Morgan fingerprint density at radius 1 is 1.29 bits per heavy atom. The number of fused-ring (bicyclic) bond motifs is 1. The fourth-order valence-corrected chi connectivity index (χ4v) is 2.54. The second-order valence-corrected chi connectivity index (χ2v) is 5.47. The SMILES string of the molecule is Cn1cc(-c2cn3nccc3c(OC3CC(N)C3)n2)cn1. The van der Waals surface area contributed by atoms with E-state index in [-0.39, 0.29) is 12.1 Å². The summed E-state index contributed by atoms with van der Waals surface area (Å²) in [6.45, 7) is 0. The molecule has 0 amide bonds. The number of rotatable bonds is 3. The molecule has 0 aromatic carbocycles. The lowest BCUT2D eigenvalue weighted by molar-refractivity contribution is 0.0973. The molecular formula is C14H16N6O. The van der Waals surface area contributed by atoms with Crippen LogP contribution >= 0.6 is 0 Å². The molecule has 3 aromatic rings. The summed E-state index contributed by atoms with van der Waals surface area (Å²) in [7, 11) is 1.88. The minimum atomic E-state index is 0.148. The maximum atomic E-state index is 5.98. The molecule has 108 valence electrons. The first-order valence-corrected chi connectivity index (χ1v) is 6.95. The lowest BCUT2D eigenvalue weighted by atomic mass is 9.90. The zero-order valence-corrected chi connectivity index (χ0v) is 11.7. The van der Waals surface area contributed by atoms with Crippen molar-refractivity contribution in [3.8, 4) is 17.1 Å². The molecule has 3 aromatic heterocycles. The van der Waals surface area contributed by atoms with E-state index in [1.807, 2.05) is 25.5 Å². The second-order valence-electron chi connectivity index (χ2n) is 5.47. The van der Waals surface area contributed by atoms with Crippen molar-refractivity contribution in [2.24, 2.45) is 12.8 Å². The fourth-order valence-electron chi connectivity index (χ4n) is 2.54. The van der Waals surface area contributed by atoms with Crippen LogP contribution in [0.4, 0.5) is 0 Å². The average molecular weight is 284 g/mol. The molecule has 3 heterocycles. The van der Waals surface area contributed by atoms with Gasteiger partial charge < -0.3 is 10.5 Å². The summed E-state index contributed by atoms with van der Waals surface area (Å²) in [5.41, 5.74) is 8.40. The molecule has 1 aliphatic carbocycles. The van der Waals surface area contributed by atoms with Crippen molar-refractivity contribution in [3.63, 3.8) is 0 Å². The molecule has 7 nitrogen and oxygen atoms in total. The van der Waals surface area contributed by atoms with Crippen LogP contribution in [0.15, 0.2) is 30.9 Å². The van der Waals surface area contributed by atoms with Crippen LogP contribution < -0.4 is 10.5 Å². The van der Waals surface area contributed by atoms with E-state index in [1.165, 1.54) is 0 Å². The van der Waals surface area contributed by atoms with Gasteiger partial charge in [-0.1, -0.05) is 0 Å². The van der Waals surface area contributed by atoms with E-state index in [1.54, 1.807) is 21.6 Å². The zero-order chi connectivity index (χ0) is 14.4. The van der Waals surface area contributed by atoms with Gasteiger partial charge in [0.25, 0.3) is 0 Å². The van der Waals surface area contributed by atoms with Gasteiger partial charge in [0.1, 0.15) is 11.6 Å². The van der Waals surface area contributed by atoms with E-state index < -0.39 is 0 Å². The zero-order valence-electron chi connectivity index (χ0n) is 11.7. The normalized spacial score (nSPS) is 21.4. The predicted octanol–water partition coefficient (Wildman–Crippen LogP) is 0.998. The van der Waals surface area contributed by atoms with Gasteiger partial charge in [-0.05, 0) is 18.9 Å². The van der Waals surface area contributed by atoms with Crippen LogP contribution in [0, 0.1) is 0 Å². The number of ether oxygens (including phenoxy) is 1. The summed E-state index contributed by atoms with van der Waals surface area (Å²) in [6.07, 6.45) is 9.21. The highest BCUT2D eigenvalue weighted by molar-refractivity contribution is 5.63. The topological polar surface area (TPSA) is 83.3 Å². The highest BCUT2D eigenvalue weighted by Crippen LogP contribution is 2.28. The standard InChI is InChI=1S/C14H16N6O/c1-19-7-9(6-17-19)12-8-20-13(2-3-16-20)14(18-12)21-11-4-10(15)5-11/h2-3,6-8,10-11H,4-5,15H2,1H3. The predicted molar refractivity (Wildman–Crippen MR) is 76.8 cm³/mol. The molecule has 21 heavy (non-hydrogen) atoms. The van der Waals surface area contributed by atoms with Crippen molar-refractivity contribution in [3.05, 3.63) is 30.9 Å². The molecule has 2 N–H and O–H groups in total. The summed E-state index contributed by atoms with van der Waals surface area (Å²) in [4.78, 5) is 4.63. The number of hydrogen-bond acceptors (Lipinski definition) is 5. The van der Waals surface area contributed by atoms with E-state index in [4.69, 9.17) is 10.5 Å². The third kappa shape index (κ3) is 2.15. The summed E-state index contributed by atoms with van der Waals surface area (Å²) in [5, 5.41) is 8.46. The maximum Gasteiger partial charge on any atom is 0.240 e. The van der Waals surface area contributed by atoms with Crippen molar-refractivity contribution in [2.45, 2.75) is 25.0 Å². The quantitative estimate of drug-likeness (QED) is 0.775. The molecule has 0 radical (unpaired) electrons. The number of aromatic nitrogens is 5. The first-order valence-electron chi connectivity index (χ1n) is 6.95. The number of aryl methyl sites for hydroxylation is 1. The van der Waals surface area contributed by atoms with Crippen LogP contribution in [0.1, 0.15) is 12.8 Å². The molecule has 0 unspecified atom stereocenters. The van der Waals surface area contributed by atoms with Gasteiger partial charge in [0.2, 0.25) is 5.88 Å². The van der Waals surface area contributed by atoms with Crippen molar-refractivity contribution in [1.82, 2.24) is 24.4 Å². The molecule has 0 spiro atoms. The fraction of sp³-hybridized carbons (Fsp3) is 0.357. The highest BCUT2D eigenvalue weighted by atomic mass is 16.5. The van der Waals surface area contributed by atoms with Crippen molar-refractivity contribution in [1.29, 1.82) is 0 Å². The third-order valence-corrected chi connectivity index (χ3v) is 3.77. The van der Waals surface area contributed by atoms with E-state index >= 15 is 0 Å². The molecule has 0 aliphatic heterocycles. The number of hydrogen-bond donors (Lipinski definition) is 1. The van der Waals surface area contributed by atoms with Crippen LogP contribution in [0.2, 0.25) is 0 Å². The van der Waals surface area contributed by atoms with Gasteiger partial charge in [0.05, 0.1) is 24.3 Å². The van der Waals surface area contributed by atoms with Crippen molar-refractivity contribution < 1.29 is 4.74 Å². The van der Waals surface area contributed by atoms with Crippen LogP contribution in [0.25, 0.3) is 16.8 Å². The molecule has 4 rings (SSSR count). The summed E-state index contributed by atoms with van der Waals surface area (Å²) in [5.74, 6) is 0.603. The maximum absolute atomic E-state index is 5.98. The van der Waals surface area contributed by atoms with Gasteiger partial charge >= 0.3 is 0 Å². The molecule has 1 fully saturated rings. The van der Waals surface area contributed by atoms with Crippen LogP contribution in [-0.2, 0) is 7.05 Å². The molecule has 0 atom stereocenters. The van der Waals surface area contributed by atoms with Gasteiger partial charge in [-0.3, -0.25) is 4.68 Å². The summed E-state index contributed by atoms with van der Waals surface area (Å²) >= 11 is 0. The van der Waals surface area contributed by atoms with Crippen LogP contribution in [0.3, 0.4) is 0 Å². The average Bonchev–Trinajstić information content (AvgIpc) is 3.05. The van der Waals surface area contributed by atoms with Crippen LogP contribution in [-0.4, -0.2) is 36.5 Å². The summed E-state index contributed by atoms with van der Waals surface area (Å²) in [6, 6.07) is 2.14. The Morgan fingerprint density at radius 2 is 2.14 bits per heavy atom. The van der Waals surface area contributed by atoms with E-state index in [2.05, 4.69) is 15.2 Å². The number of nitrogens with zero attached hydrogens (tertiary/aromatic N) is 5. The molecule has 1 aliphatic rings. The Morgan fingerprint density at radius 3 is 2.86 bits per heavy atom. The van der Waals surface area contributed by atoms with Gasteiger partial charge in [-0.25, -0.2) is 9.50 Å². The molecule has 7 heteroatoms. The monoisotopic (exact) mass is 284 g/mol. The van der Waals surface area contributed by atoms with Gasteiger partial charge in [0.15, 0.2) is 0 Å². The van der Waals surface area contributed by atoms with Crippen molar-refractivity contribution in [2.75, 3.05) is 0 Å². The highest BCUT2D eigenvalue weighted by Gasteiger charge is 2.29. The Labute approximate surface area is 121 Å². The third-order valence-electron chi connectivity index (χ3n) is 3.77. The van der Waals surface area contributed by atoms with E-state index in [9.17, 15) is 0 Å². The van der Waals surface area contributed by atoms with Crippen molar-refractivity contribution >= 4 is 5.52 Å². The summed E-state index contributed by atoms with van der Waals surface area (Å²) < 4.78 is 9.51. The Kier molecular flexibility index (Phi) is 2.68. The smallest absolute Gasteiger partial charge is 0.240 e. The Hall–Kier alpha value is -2.41. The molecular weight excluding hydrogens is 268 g/mol. The van der Waals surface area contributed by atoms with Gasteiger partial charge in [-0.15, -0.1) is 0 Å². The first-order chi connectivity index (χ1) is 10.2. The lowest BCUT2D eigenvalue weighted by Crippen LogP contribution is -2.43. The number of nitrogens with two attached hydrogens (primary N) is 1. The Bertz CT molecular complexity index is 786. The molecule has 0 saturated heterocycles. The molecule has 1 saturated carbocycles. The minimum absolute atomic E-state index is 0.148. The second kappa shape index (κ2) is 4.56. The first kappa shape index (κ1) is 12.3. The van der Waals surface area contributed by atoms with Gasteiger partial charge in [0, 0.05) is 24.8 Å². The molecule has 0 bridgehead atoms. The van der Waals surface area contributed by atoms with E-state index in [0.717, 1.165) is 29.6 Å². The van der Waals surface area contributed by atoms with E-state index in [0.29, 0.717) is 5.88 Å². The lowest BCUT2D eigenvalue weighted by Gasteiger charge is -2.32. The van der Waals surface area contributed by atoms with Crippen LogP contribution in [0.5, 0.6) is 5.88 Å². The van der Waals surface area contributed by atoms with Gasteiger partial charge in [-0.2, -0.15) is 10.2 Å². The largest absolute Gasteiger partial charge is 0.473 e. The minimum Gasteiger partial charge on any atom is -0.473 e.